The van der Waals surface area contributed by atoms with Gasteiger partial charge in [-0.15, -0.1) is 0 Å². The Balaban J connectivity index is 2.28. The Morgan fingerprint density at radius 3 is 2.29 bits per heavy atom. The molecule has 0 aliphatic heterocycles. The van der Waals surface area contributed by atoms with E-state index in [1.54, 1.807) is 12.1 Å². The molecule has 2 aromatic carbocycles. The lowest BCUT2D eigenvalue weighted by Gasteiger charge is -2.14. The fourth-order valence-corrected chi connectivity index (χ4v) is 2.64. The summed E-state index contributed by atoms with van der Waals surface area (Å²) >= 11 is 12.2. The largest absolute Gasteiger partial charge is 0.493 e. The van der Waals surface area contributed by atoms with Gasteiger partial charge < -0.3 is 14.8 Å². The molecule has 148 valence electrons. The Labute approximate surface area is 172 Å². The Hall–Kier alpha value is -2.64. The number of ether oxygens (including phenoxy) is 2. The van der Waals surface area contributed by atoms with E-state index in [2.05, 4.69) is 15.5 Å². The molecule has 0 spiro atoms. The summed E-state index contributed by atoms with van der Waals surface area (Å²) in [6.45, 7) is 3.11. The zero-order chi connectivity index (χ0) is 20.8. The van der Waals surface area contributed by atoms with Crippen molar-refractivity contribution in [2.75, 3.05) is 19.5 Å². The molecule has 0 aromatic heterocycles. The number of hydrogen-bond donors (Lipinski definition) is 1. The fourth-order valence-electron chi connectivity index (χ4n) is 2.29. The van der Waals surface area contributed by atoms with Crippen LogP contribution in [0.4, 0.5) is 11.4 Å². The van der Waals surface area contributed by atoms with Crippen LogP contribution < -0.4 is 14.8 Å². The predicted octanol–water partition coefficient (Wildman–Crippen LogP) is 5.00. The number of Topliss-reactive ketones (excluding diaryl/α,β-unsaturated/α-hetero) is 1. The van der Waals surface area contributed by atoms with Crippen LogP contribution >= 0.6 is 23.2 Å². The van der Waals surface area contributed by atoms with Crippen molar-refractivity contribution in [2.45, 2.75) is 19.9 Å². The number of carbonyl (C=O) groups excluding carboxylic acids is 2. The summed E-state index contributed by atoms with van der Waals surface area (Å²) in [6.07, 6.45) is 0. The van der Waals surface area contributed by atoms with Crippen molar-refractivity contribution in [3.8, 4) is 11.5 Å². The molecule has 1 N–H and O–H groups in total. The lowest BCUT2D eigenvalue weighted by Crippen LogP contribution is -2.31. The van der Waals surface area contributed by atoms with E-state index in [9.17, 15) is 9.59 Å². The number of nitrogens with one attached hydrogen (secondary N) is 1. The normalized spacial score (nSPS) is 11.9. The Kier molecular flexibility index (Phi) is 7.37. The minimum atomic E-state index is -1.36. The molecule has 1 amide bonds. The fraction of sp³-hybridized carbons (Fsp3) is 0.263. The van der Waals surface area contributed by atoms with Crippen LogP contribution in [0.25, 0.3) is 0 Å². The van der Waals surface area contributed by atoms with Gasteiger partial charge in [0.25, 0.3) is 5.91 Å². The minimum absolute atomic E-state index is 0.215. The molecule has 7 nitrogen and oxygen atoms in total. The topological polar surface area (TPSA) is 89.4 Å². The molecular formula is C19H19Cl2N3O4. The summed E-state index contributed by atoms with van der Waals surface area (Å²) in [5.74, 6) is -0.395. The number of hydrogen-bond acceptors (Lipinski definition) is 6. The molecule has 1 unspecified atom stereocenters. The van der Waals surface area contributed by atoms with Gasteiger partial charge in [0.1, 0.15) is 5.69 Å². The number of ketones is 1. The van der Waals surface area contributed by atoms with Gasteiger partial charge in [0.2, 0.25) is 6.04 Å². The molecule has 0 aliphatic rings. The number of methoxy groups -OCH3 is 2. The Morgan fingerprint density at radius 1 is 1.04 bits per heavy atom. The number of carbonyl (C=O) groups is 2. The molecule has 0 saturated heterocycles. The van der Waals surface area contributed by atoms with Crippen LogP contribution in [0.1, 0.15) is 12.5 Å². The van der Waals surface area contributed by atoms with Crippen LogP contribution in [0.2, 0.25) is 10.0 Å². The van der Waals surface area contributed by atoms with Crippen LogP contribution in [0.3, 0.4) is 0 Å². The number of azo groups is 1. The van der Waals surface area contributed by atoms with Crippen LogP contribution in [0, 0.1) is 6.92 Å². The summed E-state index contributed by atoms with van der Waals surface area (Å²) in [6, 6.07) is 6.80. The molecule has 0 saturated carbocycles. The van der Waals surface area contributed by atoms with Crippen molar-refractivity contribution in [1.29, 1.82) is 0 Å². The van der Waals surface area contributed by atoms with E-state index in [-0.39, 0.29) is 10.7 Å². The molecule has 0 radical (unpaired) electrons. The number of aryl methyl sites for hydroxylation is 1. The number of rotatable bonds is 7. The van der Waals surface area contributed by atoms with Gasteiger partial charge in [0, 0.05) is 12.1 Å². The molecule has 0 fully saturated rings. The summed E-state index contributed by atoms with van der Waals surface area (Å²) in [5.41, 5.74) is 1.53. The quantitative estimate of drug-likeness (QED) is 0.501. The third kappa shape index (κ3) is 5.21. The van der Waals surface area contributed by atoms with E-state index < -0.39 is 17.7 Å². The predicted molar refractivity (Wildman–Crippen MR) is 108 cm³/mol. The number of benzene rings is 2. The van der Waals surface area contributed by atoms with Gasteiger partial charge in [0.05, 0.1) is 30.0 Å². The van der Waals surface area contributed by atoms with Gasteiger partial charge in [-0.05, 0) is 31.5 Å². The molecule has 0 bridgehead atoms. The van der Waals surface area contributed by atoms with Crippen molar-refractivity contribution in [2.24, 2.45) is 10.2 Å². The minimum Gasteiger partial charge on any atom is -0.493 e. The van der Waals surface area contributed by atoms with Gasteiger partial charge in [-0.25, -0.2) is 0 Å². The smallest absolute Gasteiger partial charge is 0.258 e. The maximum atomic E-state index is 12.6. The summed E-state index contributed by atoms with van der Waals surface area (Å²) in [7, 11) is 2.92. The molecule has 0 heterocycles. The second-order valence-electron chi connectivity index (χ2n) is 5.86. The van der Waals surface area contributed by atoms with Gasteiger partial charge in [-0.1, -0.05) is 29.3 Å². The summed E-state index contributed by atoms with van der Waals surface area (Å²) in [5, 5.41) is 11.0. The number of nitrogens with zero attached hydrogens (tertiary/aromatic N) is 2. The van der Waals surface area contributed by atoms with Gasteiger partial charge in [0.15, 0.2) is 17.3 Å². The number of anilines is 1. The molecule has 0 aliphatic carbocycles. The van der Waals surface area contributed by atoms with Crippen molar-refractivity contribution >= 4 is 46.3 Å². The molecule has 2 aromatic rings. The molecule has 28 heavy (non-hydrogen) atoms. The van der Waals surface area contributed by atoms with Crippen LogP contribution in [-0.2, 0) is 9.59 Å². The number of halogens is 2. The van der Waals surface area contributed by atoms with Gasteiger partial charge in [-0.2, -0.15) is 10.2 Å². The first-order valence-corrected chi connectivity index (χ1v) is 8.92. The highest BCUT2D eigenvalue weighted by atomic mass is 35.5. The standard InChI is InChI=1S/C19H19Cl2N3O4/c1-10-5-6-12(20)15(7-10)23-24-18(11(2)25)19(26)22-14-9-17(28-4)16(27-3)8-13(14)21/h5-9,18H,1-4H3,(H,22,26). The lowest BCUT2D eigenvalue weighted by molar-refractivity contribution is -0.126. The number of amides is 1. The van der Waals surface area contributed by atoms with Gasteiger partial charge in [-0.3, -0.25) is 9.59 Å². The van der Waals surface area contributed by atoms with Crippen LogP contribution in [-0.4, -0.2) is 32.0 Å². The van der Waals surface area contributed by atoms with E-state index in [1.807, 2.05) is 13.0 Å². The Morgan fingerprint density at radius 2 is 1.68 bits per heavy atom. The van der Waals surface area contributed by atoms with E-state index >= 15 is 0 Å². The molecule has 2 rings (SSSR count). The lowest BCUT2D eigenvalue weighted by atomic mass is 10.2. The average Bonchev–Trinajstić information content (AvgIpc) is 2.65. The third-order valence-electron chi connectivity index (χ3n) is 3.75. The maximum absolute atomic E-state index is 12.6. The highest BCUT2D eigenvalue weighted by Crippen LogP contribution is 2.36. The zero-order valence-corrected chi connectivity index (χ0v) is 17.3. The van der Waals surface area contributed by atoms with Crippen LogP contribution in [0.5, 0.6) is 11.5 Å². The molecule has 9 heteroatoms. The van der Waals surface area contributed by atoms with Crippen molar-refractivity contribution in [3.05, 3.63) is 45.9 Å². The summed E-state index contributed by atoms with van der Waals surface area (Å²) < 4.78 is 10.3. The Bertz CT molecular complexity index is 932. The SMILES string of the molecule is COc1cc(Cl)c(NC(=O)C(N=Nc2cc(C)ccc2Cl)C(C)=O)cc1OC. The zero-order valence-electron chi connectivity index (χ0n) is 15.7. The first-order valence-electron chi connectivity index (χ1n) is 8.16. The van der Waals surface area contributed by atoms with Crippen molar-refractivity contribution < 1.29 is 19.1 Å². The van der Waals surface area contributed by atoms with Crippen LogP contribution in [0.15, 0.2) is 40.6 Å². The first-order chi connectivity index (χ1) is 13.3. The second-order valence-corrected chi connectivity index (χ2v) is 6.67. The first kappa shape index (κ1) is 21.7. The van der Waals surface area contributed by atoms with Gasteiger partial charge >= 0.3 is 0 Å². The third-order valence-corrected chi connectivity index (χ3v) is 4.38. The molecular weight excluding hydrogens is 405 g/mol. The van der Waals surface area contributed by atoms with E-state index in [1.165, 1.54) is 33.3 Å². The average molecular weight is 424 g/mol. The van der Waals surface area contributed by atoms with Crippen molar-refractivity contribution in [1.82, 2.24) is 0 Å². The summed E-state index contributed by atoms with van der Waals surface area (Å²) in [4.78, 5) is 24.5. The monoisotopic (exact) mass is 423 g/mol. The highest BCUT2D eigenvalue weighted by Gasteiger charge is 2.24. The van der Waals surface area contributed by atoms with E-state index in [0.717, 1.165) is 5.56 Å². The van der Waals surface area contributed by atoms with Crippen molar-refractivity contribution in [3.63, 3.8) is 0 Å². The van der Waals surface area contributed by atoms with E-state index in [0.29, 0.717) is 22.2 Å². The maximum Gasteiger partial charge on any atom is 0.258 e. The van der Waals surface area contributed by atoms with E-state index in [4.69, 9.17) is 32.7 Å². The second kappa shape index (κ2) is 9.52. The highest BCUT2D eigenvalue weighted by molar-refractivity contribution is 6.34. The molecule has 1 atom stereocenters.